The first-order chi connectivity index (χ1) is 13.2. The van der Waals surface area contributed by atoms with Crippen molar-refractivity contribution in [2.45, 2.75) is 100 Å². The predicted octanol–water partition coefficient (Wildman–Crippen LogP) is 2.69. The molecule has 4 aliphatic heterocycles. The van der Waals surface area contributed by atoms with Gasteiger partial charge in [-0.3, -0.25) is 9.69 Å². The van der Waals surface area contributed by atoms with E-state index >= 15 is 0 Å². The summed E-state index contributed by atoms with van der Waals surface area (Å²) in [6.45, 7) is 4.89. The quantitative estimate of drug-likeness (QED) is 0.824. The summed E-state index contributed by atoms with van der Waals surface area (Å²) >= 11 is 0. The Morgan fingerprint density at radius 1 is 0.889 bits per heavy atom. The number of rotatable bonds is 3. The van der Waals surface area contributed by atoms with Gasteiger partial charge in [-0.1, -0.05) is 12.8 Å². The molecule has 0 aromatic carbocycles. The van der Waals surface area contributed by atoms with Gasteiger partial charge in [-0.15, -0.1) is 0 Å². The van der Waals surface area contributed by atoms with E-state index in [2.05, 4.69) is 15.1 Å². The van der Waals surface area contributed by atoms with E-state index in [0.717, 1.165) is 58.5 Å². The van der Waals surface area contributed by atoms with Gasteiger partial charge in [0.05, 0.1) is 5.60 Å². The maximum Gasteiger partial charge on any atom is 0.243 e. The van der Waals surface area contributed by atoms with Gasteiger partial charge < -0.3 is 15.0 Å². The fraction of sp³-hybridized carbons (Fsp3) is 0.955. The van der Waals surface area contributed by atoms with Crippen LogP contribution in [0.2, 0.25) is 0 Å². The number of fused-ring (bicyclic) bond motifs is 1. The summed E-state index contributed by atoms with van der Waals surface area (Å²) in [6.07, 6.45) is 14.4. The van der Waals surface area contributed by atoms with Crippen molar-refractivity contribution in [1.82, 2.24) is 15.1 Å². The van der Waals surface area contributed by atoms with E-state index in [9.17, 15) is 4.79 Å². The lowest BCUT2D eigenvalue weighted by molar-refractivity contribution is -0.149. The molecule has 0 unspecified atom stereocenters. The van der Waals surface area contributed by atoms with Crippen LogP contribution in [-0.2, 0) is 9.53 Å². The Balaban J connectivity index is 1.27. The molecule has 4 saturated heterocycles. The molecule has 27 heavy (non-hydrogen) atoms. The van der Waals surface area contributed by atoms with Crippen LogP contribution >= 0.6 is 0 Å². The molecule has 1 aliphatic carbocycles. The van der Waals surface area contributed by atoms with Crippen LogP contribution in [0.3, 0.4) is 0 Å². The van der Waals surface area contributed by atoms with E-state index in [1.165, 1.54) is 51.4 Å². The maximum absolute atomic E-state index is 13.8. The molecule has 152 valence electrons. The van der Waals surface area contributed by atoms with Crippen LogP contribution in [0, 0.1) is 0 Å². The molecule has 0 aromatic heterocycles. The molecule has 5 rings (SSSR count). The Bertz CT molecular complexity index is 546. The monoisotopic (exact) mass is 375 g/mol. The Morgan fingerprint density at radius 2 is 1.70 bits per heavy atom. The predicted molar refractivity (Wildman–Crippen MR) is 106 cm³/mol. The van der Waals surface area contributed by atoms with Crippen molar-refractivity contribution in [2.75, 3.05) is 32.8 Å². The summed E-state index contributed by atoms with van der Waals surface area (Å²) in [6, 6.07) is 1.20. The third kappa shape index (κ3) is 3.34. The molecule has 2 atom stereocenters. The van der Waals surface area contributed by atoms with Crippen LogP contribution in [0.5, 0.6) is 0 Å². The molecule has 0 radical (unpaired) electrons. The summed E-state index contributed by atoms with van der Waals surface area (Å²) in [4.78, 5) is 18.5. The number of piperidine rings is 2. The topological polar surface area (TPSA) is 44.8 Å². The van der Waals surface area contributed by atoms with E-state index in [-0.39, 0.29) is 11.1 Å². The van der Waals surface area contributed by atoms with E-state index < -0.39 is 0 Å². The van der Waals surface area contributed by atoms with Crippen LogP contribution in [0.4, 0.5) is 0 Å². The van der Waals surface area contributed by atoms with Gasteiger partial charge in [-0.25, -0.2) is 0 Å². The first-order valence-corrected chi connectivity index (χ1v) is 11.6. The molecule has 1 amide bonds. The molecular formula is C22H37N3O2. The van der Waals surface area contributed by atoms with Crippen LogP contribution in [0.25, 0.3) is 0 Å². The van der Waals surface area contributed by atoms with Gasteiger partial charge in [0.2, 0.25) is 5.91 Å². The molecule has 0 bridgehead atoms. The molecule has 5 aliphatic rings. The van der Waals surface area contributed by atoms with Crippen LogP contribution < -0.4 is 5.32 Å². The third-order valence-electron chi connectivity index (χ3n) is 8.27. The normalized spacial score (nSPS) is 37.2. The minimum atomic E-state index is -0.213. The Morgan fingerprint density at radius 3 is 2.44 bits per heavy atom. The molecule has 1 N–H and O–H groups in total. The second-order valence-electron chi connectivity index (χ2n) is 9.91. The highest BCUT2D eigenvalue weighted by atomic mass is 16.5. The largest absolute Gasteiger partial charge is 0.375 e. The average molecular weight is 376 g/mol. The minimum absolute atomic E-state index is 0.100. The molecular weight excluding hydrogens is 338 g/mol. The van der Waals surface area contributed by atoms with Crippen molar-refractivity contribution in [3.05, 3.63) is 0 Å². The molecule has 1 spiro atoms. The van der Waals surface area contributed by atoms with Gasteiger partial charge >= 0.3 is 0 Å². The number of nitrogens with zero attached hydrogens (tertiary/aromatic N) is 2. The van der Waals surface area contributed by atoms with E-state index in [0.29, 0.717) is 18.0 Å². The van der Waals surface area contributed by atoms with Crippen LogP contribution in [0.15, 0.2) is 0 Å². The third-order valence-corrected chi connectivity index (χ3v) is 8.27. The molecule has 5 fully saturated rings. The lowest BCUT2D eigenvalue weighted by Crippen LogP contribution is -2.60. The SMILES string of the molecule is O=C(N1CCC2(CCCO2)CC1)[C@@]12CCCCN1C[C@@H](NC1CCCC1)C2. The Kier molecular flexibility index (Phi) is 4.98. The first-order valence-electron chi connectivity index (χ1n) is 11.6. The van der Waals surface area contributed by atoms with Gasteiger partial charge in [0.15, 0.2) is 0 Å². The summed E-state index contributed by atoms with van der Waals surface area (Å²) in [5.74, 6) is 0.436. The lowest BCUT2D eigenvalue weighted by atomic mass is 9.82. The van der Waals surface area contributed by atoms with Crippen molar-refractivity contribution < 1.29 is 9.53 Å². The van der Waals surface area contributed by atoms with Gasteiger partial charge in [-0.05, 0) is 70.8 Å². The zero-order chi connectivity index (χ0) is 18.3. The maximum atomic E-state index is 13.8. The van der Waals surface area contributed by atoms with Crippen molar-refractivity contribution in [2.24, 2.45) is 0 Å². The summed E-state index contributed by atoms with van der Waals surface area (Å²) in [5, 5.41) is 3.92. The van der Waals surface area contributed by atoms with E-state index in [1.54, 1.807) is 0 Å². The number of hydrogen-bond acceptors (Lipinski definition) is 4. The summed E-state index contributed by atoms with van der Waals surface area (Å²) in [7, 11) is 0. The lowest BCUT2D eigenvalue weighted by Gasteiger charge is -2.46. The fourth-order valence-electron chi connectivity index (χ4n) is 6.76. The van der Waals surface area contributed by atoms with Gasteiger partial charge in [0.25, 0.3) is 0 Å². The highest BCUT2D eigenvalue weighted by Crippen LogP contribution is 2.42. The molecule has 4 heterocycles. The highest BCUT2D eigenvalue weighted by Gasteiger charge is 2.54. The minimum Gasteiger partial charge on any atom is -0.375 e. The Labute approximate surface area is 164 Å². The second kappa shape index (κ2) is 7.31. The molecule has 0 aromatic rings. The van der Waals surface area contributed by atoms with E-state index in [1.807, 2.05) is 0 Å². The van der Waals surface area contributed by atoms with Crippen molar-refractivity contribution in [1.29, 1.82) is 0 Å². The number of amides is 1. The second-order valence-corrected chi connectivity index (χ2v) is 9.91. The number of carbonyl (C=O) groups excluding carboxylic acids is 1. The van der Waals surface area contributed by atoms with Gasteiger partial charge in [0.1, 0.15) is 5.54 Å². The summed E-state index contributed by atoms with van der Waals surface area (Å²) < 4.78 is 6.07. The van der Waals surface area contributed by atoms with Crippen LogP contribution in [-0.4, -0.2) is 71.7 Å². The molecule has 5 nitrogen and oxygen atoms in total. The number of carbonyl (C=O) groups is 1. The standard InChI is InChI=1S/C22H37N3O2/c26-20(24-13-10-21(11-14-24)8-5-15-27-21)22-9-3-4-12-25(22)17-19(16-22)23-18-6-1-2-7-18/h18-19,23H,1-17H2/t19-,22-/m0/s1. The van der Waals surface area contributed by atoms with Crippen molar-refractivity contribution >= 4 is 5.91 Å². The van der Waals surface area contributed by atoms with Crippen LogP contribution in [0.1, 0.15) is 77.0 Å². The van der Waals surface area contributed by atoms with Crippen molar-refractivity contribution in [3.8, 4) is 0 Å². The smallest absolute Gasteiger partial charge is 0.243 e. The average Bonchev–Trinajstić information content (AvgIpc) is 3.42. The highest BCUT2D eigenvalue weighted by molar-refractivity contribution is 5.87. The number of nitrogens with one attached hydrogen (secondary N) is 1. The Hall–Kier alpha value is -0.650. The fourth-order valence-corrected chi connectivity index (χ4v) is 6.76. The molecule has 1 saturated carbocycles. The first kappa shape index (κ1) is 18.4. The number of likely N-dealkylation sites (tertiary alicyclic amines) is 1. The van der Waals surface area contributed by atoms with Gasteiger partial charge in [0, 0.05) is 38.3 Å². The number of ether oxygens (including phenoxy) is 1. The summed E-state index contributed by atoms with van der Waals surface area (Å²) in [5.41, 5.74) is -0.113. The van der Waals surface area contributed by atoms with E-state index in [4.69, 9.17) is 4.74 Å². The van der Waals surface area contributed by atoms with Crippen molar-refractivity contribution in [3.63, 3.8) is 0 Å². The van der Waals surface area contributed by atoms with Gasteiger partial charge in [-0.2, -0.15) is 0 Å². The molecule has 5 heteroatoms. The number of hydrogen-bond donors (Lipinski definition) is 1. The zero-order valence-electron chi connectivity index (χ0n) is 16.9. The zero-order valence-corrected chi connectivity index (χ0v) is 16.9.